The van der Waals surface area contributed by atoms with Gasteiger partial charge in [-0.05, 0) is 43.3 Å². The van der Waals surface area contributed by atoms with E-state index in [1.165, 1.54) is 16.7 Å². The molecule has 3 rings (SSSR count). The molecule has 3 amide bonds. The number of nitrogens with one attached hydrogen (secondary N) is 2. The van der Waals surface area contributed by atoms with Gasteiger partial charge in [0.25, 0.3) is 5.91 Å². The van der Waals surface area contributed by atoms with Crippen LogP contribution in [0, 0.1) is 0 Å². The Morgan fingerprint density at radius 2 is 1.71 bits per heavy atom. The van der Waals surface area contributed by atoms with Gasteiger partial charge in [-0.25, -0.2) is 0 Å². The van der Waals surface area contributed by atoms with Crippen molar-refractivity contribution in [1.29, 1.82) is 0 Å². The summed E-state index contributed by atoms with van der Waals surface area (Å²) in [6.45, 7) is 3.34. The number of carbonyl (C=O) groups excluding carboxylic acids is 3. The van der Waals surface area contributed by atoms with Crippen molar-refractivity contribution >= 4 is 40.4 Å². The summed E-state index contributed by atoms with van der Waals surface area (Å²) in [4.78, 5) is 39.6. The van der Waals surface area contributed by atoms with Crippen LogP contribution in [0.1, 0.15) is 19.4 Å². The maximum atomic E-state index is 12.6. The summed E-state index contributed by atoms with van der Waals surface area (Å²) in [5, 5.41) is 6.19. The van der Waals surface area contributed by atoms with E-state index in [9.17, 15) is 14.4 Å². The van der Waals surface area contributed by atoms with Gasteiger partial charge in [0.1, 0.15) is 6.54 Å². The molecule has 1 unspecified atom stereocenters. The van der Waals surface area contributed by atoms with Crippen LogP contribution in [0.15, 0.2) is 42.5 Å². The Morgan fingerprint density at radius 3 is 2.26 bits per heavy atom. The number of hydrogen-bond donors (Lipinski definition) is 2. The third-order valence-electron chi connectivity index (χ3n) is 5.47. The zero-order chi connectivity index (χ0) is 25.0. The van der Waals surface area contributed by atoms with E-state index in [0.717, 1.165) is 11.3 Å². The Labute approximate surface area is 199 Å². The second-order valence-electron chi connectivity index (χ2n) is 8.16. The molecule has 2 aromatic rings. The van der Waals surface area contributed by atoms with Crippen LogP contribution in [-0.2, 0) is 14.4 Å². The molecule has 180 valence electrons. The van der Waals surface area contributed by atoms with Crippen LogP contribution in [0.5, 0.6) is 11.5 Å². The summed E-state index contributed by atoms with van der Waals surface area (Å²) in [5.74, 6) is 0.509. The molecule has 0 aromatic heterocycles. The number of benzene rings is 2. The molecule has 1 aliphatic heterocycles. The normalized spacial score (nSPS) is 14.2. The van der Waals surface area contributed by atoms with Crippen molar-refractivity contribution in [2.24, 2.45) is 0 Å². The SMILES string of the molecule is COc1cc2c(cc1OC)C(=CC(C)Nc1ccc(N(CC(=O)N(C)C)C(C)=O)cc1)C(=O)N2. The number of anilines is 3. The summed E-state index contributed by atoms with van der Waals surface area (Å²) >= 11 is 0. The Hall–Kier alpha value is -4.01. The minimum Gasteiger partial charge on any atom is -0.493 e. The molecular formula is C25H30N4O5. The number of amides is 3. The molecule has 0 saturated carbocycles. The third-order valence-corrected chi connectivity index (χ3v) is 5.47. The molecule has 9 nitrogen and oxygen atoms in total. The van der Waals surface area contributed by atoms with E-state index in [1.54, 1.807) is 52.6 Å². The summed E-state index contributed by atoms with van der Waals surface area (Å²) in [5.41, 5.74) is 3.39. The first-order chi connectivity index (χ1) is 16.1. The molecule has 9 heteroatoms. The van der Waals surface area contributed by atoms with Gasteiger partial charge in [-0.1, -0.05) is 0 Å². The van der Waals surface area contributed by atoms with Gasteiger partial charge in [-0.2, -0.15) is 0 Å². The topological polar surface area (TPSA) is 100 Å². The van der Waals surface area contributed by atoms with Crippen molar-refractivity contribution in [3.05, 3.63) is 48.0 Å². The highest BCUT2D eigenvalue weighted by Crippen LogP contribution is 2.40. The van der Waals surface area contributed by atoms with Crippen LogP contribution >= 0.6 is 0 Å². The van der Waals surface area contributed by atoms with Gasteiger partial charge in [0.05, 0.1) is 19.9 Å². The van der Waals surface area contributed by atoms with E-state index in [2.05, 4.69) is 10.6 Å². The van der Waals surface area contributed by atoms with E-state index in [-0.39, 0.29) is 30.3 Å². The van der Waals surface area contributed by atoms with Gasteiger partial charge in [0.2, 0.25) is 11.8 Å². The molecule has 0 aliphatic carbocycles. The Bertz CT molecular complexity index is 1120. The lowest BCUT2D eigenvalue weighted by molar-refractivity contribution is -0.129. The Kier molecular flexibility index (Phi) is 7.45. The van der Waals surface area contributed by atoms with Crippen molar-refractivity contribution in [3.63, 3.8) is 0 Å². The summed E-state index contributed by atoms with van der Waals surface area (Å²) < 4.78 is 10.7. The first kappa shape index (κ1) is 24.6. The minimum absolute atomic E-state index is 0.0274. The molecule has 0 bridgehead atoms. The molecule has 2 aromatic carbocycles. The Morgan fingerprint density at radius 1 is 1.09 bits per heavy atom. The monoisotopic (exact) mass is 466 g/mol. The number of methoxy groups -OCH3 is 2. The van der Waals surface area contributed by atoms with Crippen LogP contribution in [0.2, 0.25) is 0 Å². The van der Waals surface area contributed by atoms with Crippen LogP contribution in [-0.4, -0.2) is 63.5 Å². The lowest BCUT2D eigenvalue weighted by Gasteiger charge is -2.23. The minimum atomic E-state index is -0.216. The predicted octanol–water partition coefficient (Wildman–Crippen LogP) is 2.98. The van der Waals surface area contributed by atoms with Gasteiger partial charge in [-0.3, -0.25) is 14.4 Å². The van der Waals surface area contributed by atoms with E-state index in [0.29, 0.717) is 28.4 Å². The number of carbonyl (C=O) groups is 3. The number of rotatable bonds is 8. The summed E-state index contributed by atoms with van der Waals surface area (Å²) in [7, 11) is 6.40. The molecule has 1 aliphatic rings. The molecule has 0 spiro atoms. The highest BCUT2D eigenvalue weighted by Gasteiger charge is 2.27. The van der Waals surface area contributed by atoms with Crippen LogP contribution in [0.3, 0.4) is 0 Å². The quantitative estimate of drug-likeness (QED) is 0.580. The summed E-state index contributed by atoms with van der Waals surface area (Å²) in [6.07, 6.45) is 1.85. The second-order valence-corrected chi connectivity index (χ2v) is 8.16. The third kappa shape index (κ3) is 5.31. The first-order valence-corrected chi connectivity index (χ1v) is 10.8. The standard InChI is InChI=1S/C25H30N4O5/c1-15(11-20-19-12-22(33-5)23(34-6)13-21(19)27-25(20)32)26-17-7-9-18(10-8-17)29(16(2)30)14-24(31)28(3)4/h7-13,15,26H,14H2,1-6H3,(H,27,32). The molecule has 34 heavy (non-hydrogen) atoms. The average molecular weight is 467 g/mol. The van der Waals surface area contributed by atoms with E-state index < -0.39 is 0 Å². The fourth-order valence-corrected chi connectivity index (χ4v) is 3.64. The van der Waals surface area contributed by atoms with Gasteiger partial charge in [-0.15, -0.1) is 0 Å². The Balaban J connectivity index is 1.77. The zero-order valence-corrected chi connectivity index (χ0v) is 20.3. The highest BCUT2D eigenvalue weighted by atomic mass is 16.5. The lowest BCUT2D eigenvalue weighted by Crippen LogP contribution is -2.39. The van der Waals surface area contributed by atoms with E-state index >= 15 is 0 Å². The van der Waals surface area contributed by atoms with Crippen molar-refractivity contribution < 1.29 is 23.9 Å². The molecule has 1 atom stereocenters. The predicted molar refractivity (Wildman–Crippen MR) is 132 cm³/mol. The molecule has 2 N–H and O–H groups in total. The second kappa shape index (κ2) is 10.3. The maximum absolute atomic E-state index is 12.6. The number of nitrogens with zero attached hydrogens (tertiary/aromatic N) is 2. The van der Waals surface area contributed by atoms with Crippen molar-refractivity contribution in [2.75, 3.05) is 50.4 Å². The van der Waals surface area contributed by atoms with Gasteiger partial charge in [0, 0.05) is 55.6 Å². The zero-order valence-electron chi connectivity index (χ0n) is 20.3. The molecule has 0 saturated heterocycles. The largest absolute Gasteiger partial charge is 0.493 e. The number of fused-ring (bicyclic) bond motifs is 1. The molecule has 1 heterocycles. The number of ether oxygens (including phenoxy) is 2. The number of likely N-dealkylation sites (N-methyl/N-ethyl adjacent to an activating group) is 1. The van der Waals surface area contributed by atoms with E-state index in [1.807, 2.05) is 25.1 Å². The molecule has 0 radical (unpaired) electrons. The summed E-state index contributed by atoms with van der Waals surface area (Å²) in [6, 6.07) is 10.6. The fraction of sp³-hybridized carbons (Fsp3) is 0.320. The molecule has 0 fully saturated rings. The molecular weight excluding hydrogens is 436 g/mol. The fourth-order valence-electron chi connectivity index (χ4n) is 3.64. The van der Waals surface area contributed by atoms with Gasteiger partial charge >= 0.3 is 0 Å². The smallest absolute Gasteiger partial charge is 0.256 e. The van der Waals surface area contributed by atoms with Crippen molar-refractivity contribution in [1.82, 2.24) is 4.90 Å². The van der Waals surface area contributed by atoms with Crippen LogP contribution < -0.4 is 25.0 Å². The lowest BCUT2D eigenvalue weighted by atomic mass is 10.0. The van der Waals surface area contributed by atoms with Gasteiger partial charge in [0.15, 0.2) is 11.5 Å². The maximum Gasteiger partial charge on any atom is 0.256 e. The highest BCUT2D eigenvalue weighted by molar-refractivity contribution is 6.31. The van der Waals surface area contributed by atoms with Crippen LogP contribution in [0.4, 0.5) is 17.1 Å². The van der Waals surface area contributed by atoms with Crippen molar-refractivity contribution in [2.45, 2.75) is 19.9 Å². The van der Waals surface area contributed by atoms with E-state index in [4.69, 9.17) is 9.47 Å². The van der Waals surface area contributed by atoms with Gasteiger partial charge < -0.3 is 29.9 Å². The van der Waals surface area contributed by atoms with Crippen molar-refractivity contribution in [3.8, 4) is 11.5 Å². The van der Waals surface area contributed by atoms with Crippen LogP contribution in [0.25, 0.3) is 5.57 Å². The average Bonchev–Trinajstić information content (AvgIpc) is 3.10. The number of hydrogen-bond acceptors (Lipinski definition) is 6. The first-order valence-electron chi connectivity index (χ1n) is 10.8.